The van der Waals surface area contributed by atoms with E-state index in [1.165, 1.54) is 27.9 Å². The van der Waals surface area contributed by atoms with Crippen molar-refractivity contribution < 1.29 is 5.11 Å². The highest BCUT2D eigenvalue weighted by atomic mass is 16.3. The summed E-state index contributed by atoms with van der Waals surface area (Å²) in [6, 6.07) is 9.04. The van der Waals surface area contributed by atoms with Gasteiger partial charge in [0.2, 0.25) is 0 Å². The Hall–Kier alpha value is -1.54. The van der Waals surface area contributed by atoms with Crippen LogP contribution in [-0.4, -0.2) is 15.8 Å². The van der Waals surface area contributed by atoms with Crippen molar-refractivity contribution in [3.63, 3.8) is 0 Å². The molecule has 0 radical (unpaired) electrons. The zero-order chi connectivity index (χ0) is 14.5. The van der Waals surface area contributed by atoms with Gasteiger partial charge >= 0.3 is 0 Å². The second-order valence-electron chi connectivity index (χ2n) is 6.99. The summed E-state index contributed by atoms with van der Waals surface area (Å²) in [6.07, 6.45) is 2.80. The zero-order valence-electron chi connectivity index (χ0n) is 12.8. The molecule has 1 aromatic carbocycles. The standard InChI is InChI=1S/C18H23NO/c1-12(20)11-19-8-7-14-9-13-5-6-15(18(2,3)4)10-16(13)17(14)19/h5-8,10,12,20H,9,11H2,1-4H3/t12-/m1/s1. The molecular weight excluding hydrogens is 246 g/mol. The van der Waals surface area contributed by atoms with Crippen LogP contribution in [0.15, 0.2) is 30.5 Å². The quantitative estimate of drug-likeness (QED) is 0.753. The first-order valence-electron chi connectivity index (χ1n) is 7.36. The van der Waals surface area contributed by atoms with Gasteiger partial charge in [-0.05, 0) is 41.2 Å². The van der Waals surface area contributed by atoms with Gasteiger partial charge in [-0.3, -0.25) is 0 Å². The highest BCUT2D eigenvalue weighted by Gasteiger charge is 2.24. The van der Waals surface area contributed by atoms with Gasteiger partial charge in [-0.25, -0.2) is 0 Å². The first-order valence-corrected chi connectivity index (χ1v) is 7.36. The second-order valence-corrected chi connectivity index (χ2v) is 6.99. The average Bonchev–Trinajstić information content (AvgIpc) is 2.86. The summed E-state index contributed by atoms with van der Waals surface area (Å²) in [5.74, 6) is 0. The molecule has 0 unspecified atom stereocenters. The number of rotatable bonds is 2. The highest BCUT2D eigenvalue weighted by molar-refractivity contribution is 5.75. The first-order chi connectivity index (χ1) is 9.36. The monoisotopic (exact) mass is 269 g/mol. The topological polar surface area (TPSA) is 25.2 Å². The number of hydrogen-bond acceptors (Lipinski definition) is 1. The van der Waals surface area contributed by atoms with E-state index in [2.05, 4.69) is 55.8 Å². The Morgan fingerprint density at radius 3 is 2.60 bits per heavy atom. The Morgan fingerprint density at radius 2 is 1.95 bits per heavy atom. The predicted octanol–water partition coefficient (Wildman–Crippen LogP) is 3.74. The van der Waals surface area contributed by atoms with E-state index in [-0.39, 0.29) is 11.5 Å². The van der Waals surface area contributed by atoms with Crippen LogP contribution in [0, 0.1) is 0 Å². The van der Waals surface area contributed by atoms with Gasteiger partial charge in [0, 0.05) is 24.7 Å². The Kier molecular flexibility index (Phi) is 3.02. The second kappa shape index (κ2) is 4.49. The van der Waals surface area contributed by atoms with E-state index in [0.717, 1.165) is 6.42 Å². The molecule has 2 aromatic rings. The van der Waals surface area contributed by atoms with E-state index in [9.17, 15) is 5.11 Å². The number of aromatic nitrogens is 1. The number of aliphatic hydroxyl groups is 1. The van der Waals surface area contributed by atoms with Crippen LogP contribution in [0.25, 0.3) is 11.3 Å². The molecule has 2 nitrogen and oxygen atoms in total. The van der Waals surface area contributed by atoms with E-state index in [1.807, 2.05) is 6.92 Å². The minimum atomic E-state index is -0.318. The lowest BCUT2D eigenvalue weighted by Crippen LogP contribution is -2.13. The van der Waals surface area contributed by atoms with Crippen molar-refractivity contribution in [2.24, 2.45) is 0 Å². The molecule has 0 spiro atoms. The van der Waals surface area contributed by atoms with Crippen LogP contribution >= 0.6 is 0 Å². The SMILES string of the molecule is C[C@@H](O)Cn1ccc2c1-c1cc(C(C)(C)C)ccc1C2. The van der Waals surface area contributed by atoms with Crippen molar-refractivity contribution in [3.05, 3.63) is 47.2 Å². The van der Waals surface area contributed by atoms with Crippen molar-refractivity contribution in [1.82, 2.24) is 4.57 Å². The molecule has 0 bridgehead atoms. The van der Waals surface area contributed by atoms with Crippen molar-refractivity contribution in [2.45, 2.75) is 52.2 Å². The Balaban J connectivity index is 2.10. The fraction of sp³-hybridized carbons (Fsp3) is 0.444. The van der Waals surface area contributed by atoms with Crippen LogP contribution in [0.3, 0.4) is 0 Å². The lowest BCUT2D eigenvalue weighted by atomic mass is 9.85. The third-order valence-electron chi connectivity index (χ3n) is 4.12. The normalized spacial score (nSPS) is 15.1. The third kappa shape index (κ3) is 2.18. The van der Waals surface area contributed by atoms with E-state index < -0.39 is 0 Å². The smallest absolute Gasteiger partial charge is 0.0691 e. The molecule has 1 aliphatic carbocycles. The van der Waals surface area contributed by atoms with Gasteiger partial charge in [-0.2, -0.15) is 0 Å². The van der Waals surface area contributed by atoms with Crippen LogP contribution in [0.2, 0.25) is 0 Å². The summed E-state index contributed by atoms with van der Waals surface area (Å²) in [6.45, 7) is 9.25. The van der Waals surface area contributed by atoms with Crippen molar-refractivity contribution in [1.29, 1.82) is 0 Å². The van der Waals surface area contributed by atoms with Gasteiger partial charge in [0.25, 0.3) is 0 Å². The van der Waals surface area contributed by atoms with Gasteiger partial charge in [0.05, 0.1) is 11.8 Å². The molecule has 0 saturated carbocycles. The van der Waals surface area contributed by atoms with E-state index in [0.29, 0.717) is 6.54 Å². The molecule has 1 heterocycles. The molecule has 2 heteroatoms. The Morgan fingerprint density at radius 1 is 1.20 bits per heavy atom. The Bertz CT molecular complexity index is 644. The number of nitrogens with zero attached hydrogens (tertiary/aromatic N) is 1. The van der Waals surface area contributed by atoms with Crippen molar-refractivity contribution >= 4 is 0 Å². The lowest BCUT2D eigenvalue weighted by molar-refractivity contribution is 0.174. The van der Waals surface area contributed by atoms with Crippen LogP contribution in [0.5, 0.6) is 0 Å². The van der Waals surface area contributed by atoms with Gasteiger partial charge < -0.3 is 9.67 Å². The summed E-state index contributed by atoms with van der Waals surface area (Å²) < 4.78 is 2.19. The molecule has 1 atom stereocenters. The Labute approximate surface area is 121 Å². The minimum Gasteiger partial charge on any atom is -0.392 e. The number of aliphatic hydroxyl groups excluding tert-OH is 1. The highest BCUT2D eigenvalue weighted by Crippen LogP contribution is 2.39. The predicted molar refractivity (Wildman–Crippen MR) is 83.1 cm³/mol. The largest absolute Gasteiger partial charge is 0.392 e. The summed E-state index contributed by atoms with van der Waals surface area (Å²) in [4.78, 5) is 0. The third-order valence-corrected chi connectivity index (χ3v) is 4.12. The van der Waals surface area contributed by atoms with Crippen LogP contribution in [0.1, 0.15) is 44.4 Å². The molecule has 0 amide bonds. The maximum Gasteiger partial charge on any atom is 0.0691 e. The molecule has 0 saturated heterocycles. The summed E-state index contributed by atoms with van der Waals surface area (Å²) in [7, 11) is 0. The van der Waals surface area contributed by atoms with Gasteiger partial charge in [0.15, 0.2) is 0 Å². The molecule has 0 aliphatic heterocycles. The molecular formula is C18H23NO. The molecule has 106 valence electrons. The van der Waals surface area contributed by atoms with E-state index >= 15 is 0 Å². The summed E-state index contributed by atoms with van der Waals surface area (Å²) in [5.41, 5.74) is 6.97. The van der Waals surface area contributed by atoms with Gasteiger partial charge in [-0.15, -0.1) is 0 Å². The maximum atomic E-state index is 9.67. The van der Waals surface area contributed by atoms with Gasteiger partial charge in [0.1, 0.15) is 0 Å². The molecule has 1 aromatic heterocycles. The molecule has 0 fully saturated rings. The minimum absolute atomic E-state index is 0.166. The van der Waals surface area contributed by atoms with Crippen molar-refractivity contribution in [3.8, 4) is 11.3 Å². The number of hydrogen-bond donors (Lipinski definition) is 1. The van der Waals surface area contributed by atoms with Crippen LogP contribution in [0.4, 0.5) is 0 Å². The van der Waals surface area contributed by atoms with E-state index in [1.54, 1.807) is 0 Å². The average molecular weight is 269 g/mol. The van der Waals surface area contributed by atoms with Crippen molar-refractivity contribution in [2.75, 3.05) is 0 Å². The fourth-order valence-electron chi connectivity index (χ4n) is 3.05. The summed E-state index contributed by atoms with van der Waals surface area (Å²) in [5, 5.41) is 9.67. The lowest BCUT2D eigenvalue weighted by Gasteiger charge is -2.20. The maximum absolute atomic E-state index is 9.67. The molecule has 20 heavy (non-hydrogen) atoms. The fourth-order valence-corrected chi connectivity index (χ4v) is 3.05. The molecule has 1 N–H and O–H groups in total. The summed E-state index contributed by atoms with van der Waals surface area (Å²) >= 11 is 0. The molecule has 1 aliphatic rings. The zero-order valence-corrected chi connectivity index (χ0v) is 12.8. The van der Waals surface area contributed by atoms with E-state index in [4.69, 9.17) is 0 Å². The van der Waals surface area contributed by atoms with Crippen LogP contribution in [-0.2, 0) is 18.4 Å². The molecule has 3 rings (SSSR count). The number of fused-ring (bicyclic) bond motifs is 3. The first kappa shape index (κ1) is 13.4. The number of benzene rings is 1. The van der Waals surface area contributed by atoms with Crippen LogP contribution < -0.4 is 0 Å². The van der Waals surface area contributed by atoms with Gasteiger partial charge in [-0.1, -0.05) is 32.9 Å².